The van der Waals surface area contributed by atoms with Crippen molar-refractivity contribution < 1.29 is 4.79 Å². The first kappa shape index (κ1) is 11.6. The van der Waals surface area contributed by atoms with Gasteiger partial charge < -0.3 is 10.6 Å². The maximum Gasteiger partial charge on any atom is 0.220 e. The molecule has 1 heterocycles. The molecule has 1 saturated heterocycles. The average Bonchev–Trinajstić information content (AvgIpc) is 2.90. The molecule has 1 unspecified atom stereocenters. The van der Waals surface area contributed by atoms with Crippen molar-refractivity contribution in [2.24, 2.45) is 5.92 Å². The van der Waals surface area contributed by atoms with Crippen LogP contribution in [0.5, 0.6) is 0 Å². The summed E-state index contributed by atoms with van der Waals surface area (Å²) < 4.78 is 0. The second-order valence-corrected chi connectivity index (χ2v) is 4.92. The minimum absolute atomic E-state index is 0.229. The average molecular weight is 222 g/mol. The predicted octanol–water partition coefficient (Wildman–Crippen LogP) is 1.60. The van der Waals surface area contributed by atoms with Gasteiger partial charge in [-0.05, 0) is 51.1 Å². The maximum atomic E-state index is 11.6. The molecule has 1 atom stereocenters. The second kappa shape index (κ2) is 6.04. The molecule has 3 nitrogen and oxygen atoms in total. The van der Waals surface area contributed by atoms with Gasteiger partial charge in [0.1, 0.15) is 0 Å². The molecule has 1 amide bonds. The van der Waals surface area contributed by atoms with Crippen molar-refractivity contribution in [3.05, 3.63) is 11.6 Å². The summed E-state index contributed by atoms with van der Waals surface area (Å²) in [6.07, 6.45) is 9.00. The first-order valence-electron chi connectivity index (χ1n) is 6.50. The highest BCUT2D eigenvalue weighted by Crippen LogP contribution is 2.19. The van der Waals surface area contributed by atoms with E-state index in [9.17, 15) is 4.79 Å². The quantitative estimate of drug-likeness (QED) is 0.694. The van der Waals surface area contributed by atoms with Crippen LogP contribution in [-0.4, -0.2) is 25.5 Å². The van der Waals surface area contributed by atoms with Crippen molar-refractivity contribution in [2.45, 2.75) is 38.5 Å². The van der Waals surface area contributed by atoms with Crippen LogP contribution in [0.15, 0.2) is 11.6 Å². The lowest BCUT2D eigenvalue weighted by Gasteiger charge is -2.09. The number of amides is 1. The van der Waals surface area contributed by atoms with E-state index >= 15 is 0 Å². The van der Waals surface area contributed by atoms with Gasteiger partial charge in [0.15, 0.2) is 0 Å². The van der Waals surface area contributed by atoms with E-state index in [1.165, 1.54) is 24.8 Å². The van der Waals surface area contributed by atoms with Crippen LogP contribution in [-0.2, 0) is 4.79 Å². The summed E-state index contributed by atoms with van der Waals surface area (Å²) >= 11 is 0. The summed E-state index contributed by atoms with van der Waals surface area (Å²) in [6.45, 7) is 2.91. The Morgan fingerprint density at radius 2 is 2.50 bits per heavy atom. The molecule has 0 bridgehead atoms. The number of carbonyl (C=O) groups excluding carboxylic acids is 1. The highest BCUT2D eigenvalue weighted by atomic mass is 16.1. The molecule has 2 rings (SSSR count). The molecule has 0 aromatic heterocycles. The Morgan fingerprint density at radius 3 is 3.19 bits per heavy atom. The van der Waals surface area contributed by atoms with Crippen LogP contribution >= 0.6 is 0 Å². The van der Waals surface area contributed by atoms with E-state index in [1.54, 1.807) is 0 Å². The Kier molecular flexibility index (Phi) is 4.40. The molecule has 3 heteroatoms. The molecule has 1 fully saturated rings. The Labute approximate surface area is 97.7 Å². The summed E-state index contributed by atoms with van der Waals surface area (Å²) in [7, 11) is 0. The van der Waals surface area contributed by atoms with E-state index in [0.29, 0.717) is 12.3 Å². The molecule has 1 aliphatic heterocycles. The van der Waals surface area contributed by atoms with Crippen molar-refractivity contribution in [3.63, 3.8) is 0 Å². The number of allylic oxidation sites excluding steroid dienone is 1. The zero-order chi connectivity index (χ0) is 11.2. The lowest BCUT2D eigenvalue weighted by Crippen LogP contribution is -2.27. The van der Waals surface area contributed by atoms with Crippen molar-refractivity contribution in [2.75, 3.05) is 19.6 Å². The highest BCUT2D eigenvalue weighted by molar-refractivity contribution is 5.76. The van der Waals surface area contributed by atoms with Crippen LogP contribution in [0.1, 0.15) is 38.5 Å². The predicted molar refractivity (Wildman–Crippen MR) is 65.2 cm³/mol. The fourth-order valence-electron chi connectivity index (χ4n) is 2.55. The minimum Gasteiger partial charge on any atom is -0.356 e. The van der Waals surface area contributed by atoms with Gasteiger partial charge in [-0.1, -0.05) is 11.6 Å². The summed E-state index contributed by atoms with van der Waals surface area (Å²) in [5.41, 5.74) is 1.53. The first-order chi connectivity index (χ1) is 7.84. The van der Waals surface area contributed by atoms with Crippen molar-refractivity contribution in [3.8, 4) is 0 Å². The number of carbonyl (C=O) groups is 1. The van der Waals surface area contributed by atoms with Crippen LogP contribution in [0.4, 0.5) is 0 Å². The van der Waals surface area contributed by atoms with Gasteiger partial charge in [-0.25, -0.2) is 0 Å². The Bertz CT molecular complexity index is 267. The van der Waals surface area contributed by atoms with Gasteiger partial charge in [0.2, 0.25) is 5.91 Å². The summed E-state index contributed by atoms with van der Waals surface area (Å²) in [6, 6.07) is 0. The number of nitrogens with one attached hydrogen (secondary N) is 2. The molecule has 0 aromatic rings. The molecule has 2 aliphatic rings. The third-order valence-electron chi connectivity index (χ3n) is 3.54. The molecule has 90 valence electrons. The van der Waals surface area contributed by atoms with Crippen LogP contribution in [0.3, 0.4) is 0 Å². The normalized spacial score (nSPS) is 24.5. The molecule has 0 spiro atoms. The molecule has 16 heavy (non-hydrogen) atoms. The SMILES string of the molecule is O=C(CC1CCNC1)NCCC1=CCCC1. The summed E-state index contributed by atoms with van der Waals surface area (Å²) in [5, 5.41) is 6.32. The van der Waals surface area contributed by atoms with Crippen LogP contribution in [0.25, 0.3) is 0 Å². The van der Waals surface area contributed by atoms with Gasteiger partial charge in [-0.15, -0.1) is 0 Å². The van der Waals surface area contributed by atoms with Crippen LogP contribution in [0, 0.1) is 5.92 Å². The number of hydrogen-bond acceptors (Lipinski definition) is 2. The van der Waals surface area contributed by atoms with Gasteiger partial charge in [-0.2, -0.15) is 0 Å². The van der Waals surface area contributed by atoms with Crippen LogP contribution < -0.4 is 10.6 Å². The molecular weight excluding hydrogens is 200 g/mol. The minimum atomic E-state index is 0.229. The molecule has 1 aliphatic carbocycles. The lowest BCUT2D eigenvalue weighted by atomic mass is 10.0. The fourth-order valence-corrected chi connectivity index (χ4v) is 2.55. The van der Waals surface area contributed by atoms with Crippen LogP contribution in [0.2, 0.25) is 0 Å². The topological polar surface area (TPSA) is 41.1 Å². The van der Waals surface area contributed by atoms with Crippen molar-refractivity contribution >= 4 is 5.91 Å². The smallest absolute Gasteiger partial charge is 0.220 e. The van der Waals surface area contributed by atoms with E-state index in [0.717, 1.165) is 32.5 Å². The molecular formula is C13H22N2O. The number of hydrogen-bond donors (Lipinski definition) is 2. The highest BCUT2D eigenvalue weighted by Gasteiger charge is 2.17. The van der Waals surface area contributed by atoms with E-state index in [-0.39, 0.29) is 5.91 Å². The largest absolute Gasteiger partial charge is 0.356 e. The Balaban J connectivity index is 1.56. The second-order valence-electron chi connectivity index (χ2n) is 4.92. The van der Waals surface area contributed by atoms with E-state index < -0.39 is 0 Å². The van der Waals surface area contributed by atoms with Gasteiger partial charge in [0, 0.05) is 13.0 Å². The van der Waals surface area contributed by atoms with Gasteiger partial charge in [0.05, 0.1) is 0 Å². The molecule has 0 aromatic carbocycles. The summed E-state index contributed by atoms with van der Waals surface area (Å²) in [4.78, 5) is 11.6. The Morgan fingerprint density at radius 1 is 1.56 bits per heavy atom. The lowest BCUT2D eigenvalue weighted by molar-refractivity contribution is -0.121. The van der Waals surface area contributed by atoms with E-state index in [4.69, 9.17) is 0 Å². The van der Waals surface area contributed by atoms with Gasteiger partial charge in [-0.3, -0.25) is 4.79 Å². The molecule has 2 N–H and O–H groups in total. The van der Waals surface area contributed by atoms with Crippen molar-refractivity contribution in [1.82, 2.24) is 10.6 Å². The van der Waals surface area contributed by atoms with Crippen molar-refractivity contribution in [1.29, 1.82) is 0 Å². The monoisotopic (exact) mass is 222 g/mol. The third kappa shape index (κ3) is 3.63. The van der Waals surface area contributed by atoms with Gasteiger partial charge >= 0.3 is 0 Å². The fraction of sp³-hybridized carbons (Fsp3) is 0.769. The Hall–Kier alpha value is -0.830. The number of rotatable bonds is 5. The van der Waals surface area contributed by atoms with E-state index in [1.807, 2.05) is 0 Å². The molecule has 0 radical (unpaired) electrons. The molecule has 0 saturated carbocycles. The zero-order valence-corrected chi connectivity index (χ0v) is 9.93. The van der Waals surface area contributed by atoms with Gasteiger partial charge in [0.25, 0.3) is 0 Å². The third-order valence-corrected chi connectivity index (χ3v) is 3.54. The standard InChI is InChI=1S/C13H22N2O/c16-13(9-12-5-7-14-10-12)15-8-6-11-3-1-2-4-11/h3,12,14H,1-2,4-10H2,(H,15,16). The summed E-state index contributed by atoms with van der Waals surface area (Å²) in [5.74, 6) is 0.790. The first-order valence-corrected chi connectivity index (χ1v) is 6.50. The zero-order valence-electron chi connectivity index (χ0n) is 9.93. The maximum absolute atomic E-state index is 11.6. The van der Waals surface area contributed by atoms with E-state index in [2.05, 4.69) is 16.7 Å².